The van der Waals surface area contributed by atoms with Crippen molar-refractivity contribution in [3.05, 3.63) is 23.8 Å². The predicted molar refractivity (Wildman–Crippen MR) is 67.5 cm³/mol. The van der Waals surface area contributed by atoms with Crippen LogP contribution in [-0.4, -0.2) is 43.7 Å². The lowest BCUT2D eigenvalue weighted by molar-refractivity contribution is -0.136. The molecule has 0 aliphatic heterocycles. The van der Waals surface area contributed by atoms with Gasteiger partial charge in [0.25, 0.3) is 0 Å². The van der Waals surface area contributed by atoms with E-state index in [0.29, 0.717) is 0 Å². The average molecular weight is 323 g/mol. The van der Waals surface area contributed by atoms with Crippen molar-refractivity contribution in [3.63, 3.8) is 0 Å². The first-order chi connectivity index (χ1) is 9.61. The highest BCUT2D eigenvalue weighted by Crippen LogP contribution is 2.26. The van der Waals surface area contributed by atoms with Gasteiger partial charge in [-0.1, -0.05) is 0 Å². The van der Waals surface area contributed by atoms with Gasteiger partial charge in [-0.15, -0.1) is 0 Å². The van der Waals surface area contributed by atoms with Gasteiger partial charge in [0, 0.05) is 6.54 Å². The molecule has 6 nitrogen and oxygen atoms in total. The Morgan fingerprint density at radius 2 is 2.00 bits per heavy atom. The molecule has 21 heavy (non-hydrogen) atoms. The number of nitrogen functional groups attached to an aromatic ring is 1. The number of hydrogen-bond donors (Lipinski definition) is 2. The molecule has 0 atom stereocenters. The van der Waals surface area contributed by atoms with Crippen LogP contribution in [0.4, 0.5) is 18.9 Å². The Kier molecular flexibility index (Phi) is 5.16. The molecular weight excluding hydrogens is 311 g/mol. The molecule has 0 unspecified atom stereocenters. The Hall–Kier alpha value is -1.83. The fraction of sp³-hybridized carbons (Fsp3) is 0.364. The molecule has 1 aromatic rings. The summed E-state index contributed by atoms with van der Waals surface area (Å²) in [5.74, 6) is 0. The van der Waals surface area contributed by atoms with Gasteiger partial charge < -0.3 is 10.8 Å². The molecule has 0 bridgehead atoms. The van der Waals surface area contributed by atoms with Crippen LogP contribution in [0.2, 0.25) is 0 Å². The quantitative estimate of drug-likeness (QED) is 0.775. The van der Waals surface area contributed by atoms with E-state index in [2.05, 4.69) is 0 Å². The highest BCUT2D eigenvalue weighted by molar-refractivity contribution is 7.89. The summed E-state index contributed by atoms with van der Waals surface area (Å²) in [4.78, 5) is -0.542. The van der Waals surface area contributed by atoms with Gasteiger partial charge in [0.15, 0.2) is 0 Å². The predicted octanol–water partition coefficient (Wildman–Crippen LogP) is 0.686. The van der Waals surface area contributed by atoms with Crippen LogP contribution in [0.1, 0.15) is 5.56 Å². The summed E-state index contributed by atoms with van der Waals surface area (Å²) in [6.07, 6.45) is -4.76. The normalized spacial score (nSPS) is 12.4. The van der Waals surface area contributed by atoms with Crippen LogP contribution in [0, 0.1) is 11.3 Å². The molecule has 0 fully saturated rings. The van der Waals surface area contributed by atoms with Crippen LogP contribution in [0.25, 0.3) is 0 Å². The molecule has 0 aromatic heterocycles. The summed E-state index contributed by atoms with van der Waals surface area (Å²) >= 11 is 0. The first kappa shape index (κ1) is 17.2. The van der Waals surface area contributed by atoms with Gasteiger partial charge >= 0.3 is 6.18 Å². The van der Waals surface area contributed by atoms with E-state index in [1.165, 1.54) is 0 Å². The van der Waals surface area contributed by atoms with E-state index in [9.17, 15) is 21.6 Å². The molecule has 0 saturated carbocycles. The van der Waals surface area contributed by atoms with Crippen LogP contribution in [0.5, 0.6) is 0 Å². The molecule has 0 amide bonds. The summed E-state index contributed by atoms with van der Waals surface area (Å²) < 4.78 is 61.7. The van der Waals surface area contributed by atoms with Gasteiger partial charge in [-0.05, 0) is 18.2 Å². The zero-order valence-electron chi connectivity index (χ0n) is 10.6. The van der Waals surface area contributed by atoms with E-state index in [-0.39, 0.29) is 15.6 Å². The minimum atomic E-state index is -4.76. The second kappa shape index (κ2) is 6.30. The summed E-state index contributed by atoms with van der Waals surface area (Å²) in [7, 11) is -4.53. The minimum Gasteiger partial charge on any atom is -0.398 e. The average Bonchev–Trinajstić information content (AvgIpc) is 2.36. The van der Waals surface area contributed by atoms with E-state index in [4.69, 9.17) is 16.1 Å². The van der Waals surface area contributed by atoms with Crippen molar-refractivity contribution in [2.45, 2.75) is 11.1 Å². The van der Waals surface area contributed by atoms with Gasteiger partial charge in [-0.25, -0.2) is 8.42 Å². The smallest absolute Gasteiger partial charge is 0.398 e. The maximum Gasteiger partial charge on any atom is 0.402 e. The highest BCUT2D eigenvalue weighted by atomic mass is 32.2. The molecule has 0 aliphatic carbocycles. The van der Waals surface area contributed by atoms with Crippen molar-refractivity contribution in [1.29, 1.82) is 5.26 Å². The summed E-state index contributed by atoms with van der Waals surface area (Å²) in [6, 6.07) is 4.88. The van der Waals surface area contributed by atoms with Crippen molar-refractivity contribution >= 4 is 15.7 Å². The van der Waals surface area contributed by atoms with E-state index >= 15 is 0 Å². The number of hydrogen-bond acceptors (Lipinski definition) is 5. The van der Waals surface area contributed by atoms with Crippen LogP contribution in [0.3, 0.4) is 0 Å². The van der Waals surface area contributed by atoms with Crippen LogP contribution in [-0.2, 0) is 10.0 Å². The van der Waals surface area contributed by atoms with Gasteiger partial charge in [-0.3, -0.25) is 0 Å². The number of nitriles is 1. The fourth-order valence-corrected chi connectivity index (χ4v) is 3.10. The minimum absolute atomic E-state index is 0.0796. The van der Waals surface area contributed by atoms with Crippen molar-refractivity contribution in [1.82, 2.24) is 4.31 Å². The van der Waals surface area contributed by atoms with Crippen molar-refractivity contribution in [2.24, 2.45) is 0 Å². The third kappa shape index (κ3) is 4.32. The first-order valence-corrected chi connectivity index (χ1v) is 7.03. The largest absolute Gasteiger partial charge is 0.402 e. The van der Waals surface area contributed by atoms with Gasteiger partial charge in [0.05, 0.1) is 23.9 Å². The van der Waals surface area contributed by atoms with Crippen molar-refractivity contribution in [2.75, 3.05) is 25.4 Å². The first-order valence-electron chi connectivity index (χ1n) is 5.59. The lowest BCUT2D eigenvalue weighted by Crippen LogP contribution is -2.40. The second-order valence-corrected chi connectivity index (χ2v) is 5.95. The maximum absolute atomic E-state index is 12.4. The Morgan fingerprint density at radius 1 is 1.38 bits per heavy atom. The van der Waals surface area contributed by atoms with Crippen molar-refractivity contribution < 1.29 is 26.7 Å². The zero-order valence-corrected chi connectivity index (χ0v) is 11.4. The summed E-state index contributed by atoms with van der Waals surface area (Å²) in [6.45, 7) is -3.23. The number of alkyl halides is 3. The molecule has 0 saturated heterocycles. The number of aliphatic hydroxyl groups excluding tert-OH is 1. The number of halogens is 3. The molecule has 10 heteroatoms. The molecular formula is C11H12F3N3O3S. The van der Waals surface area contributed by atoms with Crippen LogP contribution >= 0.6 is 0 Å². The van der Waals surface area contributed by atoms with Gasteiger partial charge in [0.1, 0.15) is 11.4 Å². The van der Waals surface area contributed by atoms with E-state index in [1.54, 1.807) is 6.07 Å². The van der Waals surface area contributed by atoms with Crippen LogP contribution in [0.15, 0.2) is 23.1 Å². The summed E-state index contributed by atoms with van der Waals surface area (Å²) in [5, 5.41) is 17.4. The summed E-state index contributed by atoms with van der Waals surface area (Å²) in [5.41, 5.74) is 5.23. The molecule has 3 N–H and O–H groups in total. The van der Waals surface area contributed by atoms with E-state index < -0.39 is 40.8 Å². The number of aliphatic hydroxyl groups is 1. The third-order valence-electron chi connectivity index (χ3n) is 2.46. The molecule has 0 spiro atoms. The Morgan fingerprint density at radius 3 is 2.43 bits per heavy atom. The Bertz CT molecular complexity index is 653. The lowest BCUT2D eigenvalue weighted by atomic mass is 10.2. The zero-order chi connectivity index (χ0) is 16.3. The topological polar surface area (TPSA) is 107 Å². The molecule has 0 radical (unpaired) electrons. The molecule has 0 heterocycles. The van der Waals surface area contributed by atoms with E-state index in [1.807, 2.05) is 0 Å². The number of benzene rings is 1. The highest BCUT2D eigenvalue weighted by Gasteiger charge is 2.37. The molecule has 116 valence electrons. The number of sulfonamides is 1. The van der Waals surface area contributed by atoms with Crippen LogP contribution < -0.4 is 5.73 Å². The SMILES string of the molecule is N#Cc1ccc(S(=O)(=O)N(CCO)CC(F)(F)F)c(N)c1. The lowest BCUT2D eigenvalue weighted by Gasteiger charge is -2.23. The third-order valence-corrected chi connectivity index (χ3v) is 4.38. The monoisotopic (exact) mass is 323 g/mol. The number of rotatable bonds is 5. The number of nitrogens with zero attached hydrogens (tertiary/aromatic N) is 2. The Labute approximate surface area is 119 Å². The second-order valence-electron chi connectivity index (χ2n) is 4.04. The van der Waals surface area contributed by atoms with Gasteiger partial charge in [0.2, 0.25) is 10.0 Å². The Balaban J connectivity index is 3.26. The molecule has 0 aliphatic rings. The molecule has 1 rings (SSSR count). The standard InChI is InChI=1S/C11H12F3N3O3S/c12-11(13,14)7-17(3-4-18)21(19,20)10-2-1-8(6-15)5-9(10)16/h1-2,5,18H,3-4,7,16H2. The fourth-order valence-electron chi connectivity index (χ4n) is 1.59. The maximum atomic E-state index is 12.4. The van der Waals surface area contributed by atoms with Crippen molar-refractivity contribution in [3.8, 4) is 6.07 Å². The number of nitrogens with two attached hydrogens (primary N) is 1. The molecule has 1 aromatic carbocycles. The van der Waals surface area contributed by atoms with E-state index in [0.717, 1.165) is 18.2 Å². The van der Waals surface area contributed by atoms with Gasteiger partial charge in [-0.2, -0.15) is 22.7 Å². The number of anilines is 1.